The van der Waals surface area contributed by atoms with Crippen LogP contribution in [-0.2, 0) is 11.3 Å². The minimum atomic E-state index is -2.86. The molecule has 1 atom stereocenters. The Morgan fingerprint density at radius 3 is 2.52 bits per heavy atom. The van der Waals surface area contributed by atoms with Crippen molar-refractivity contribution in [1.82, 2.24) is 9.78 Å². The molecule has 1 spiro atoms. The number of carboxylic acids is 1. The summed E-state index contributed by atoms with van der Waals surface area (Å²) in [6.07, 6.45) is 4.49. The molecule has 1 aromatic heterocycles. The van der Waals surface area contributed by atoms with Crippen LogP contribution in [0.1, 0.15) is 92.9 Å². The standard InChI is InChI=1S/C20H28F2N2O3/c1-4-13-16-14(15(17(25)26)23-24(16)10-20(13,21)22)12-5-7-19(8-6-12)9-18(2,3)11-27-19/h12-13H,4-11H2,1-3H3,(H,25,26). The quantitative estimate of drug-likeness (QED) is 0.832. The minimum Gasteiger partial charge on any atom is -0.476 e. The summed E-state index contributed by atoms with van der Waals surface area (Å²) in [7, 11) is 0. The van der Waals surface area contributed by atoms with Crippen molar-refractivity contribution in [3.63, 3.8) is 0 Å². The van der Waals surface area contributed by atoms with E-state index in [0.29, 0.717) is 11.3 Å². The van der Waals surface area contributed by atoms with E-state index < -0.39 is 24.4 Å². The number of carboxylic acid groups (broad SMARTS) is 1. The van der Waals surface area contributed by atoms with Crippen LogP contribution in [0, 0.1) is 5.41 Å². The highest BCUT2D eigenvalue weighted by Crippen LogP contribution is 2.53. The van der Waals surface area contributed by atoms with Gasteiger partial charge in [-0.15, -0.1) is 0 Å². The fourth-order valence-corrected chi connectivity index (χ4v) is 5.62. The molecule has 2 aliphatic heterocycles. The second kappa shape index (κ2) is 6.00. The monoisotopic (exact) mass is 382 g/mol. The number of aromatic nitrogens is 2. The SMILES string of the molecule is CCC1c2c(C3CCC4(CC3)CC(C)(C)CO4)c(C(=O)O)nn2CC1(F)F. The van der Waals surface area contributed by atoms with E-state index in [0.717, 1.165) is 38.7 Å². The molecule has 3 heterocycles. The molecule has 3 aliphatic rings. The molecule has 1 saturated carbocycles. The third-order valence-electron chi connectivity index (χ3n) is 6.72. The highest BCUT2D eigenvalue weighted by atomic mass is 19.3. The number of halogens is 2. The van der Waals surface area contributed by atoms with Crippen LogP contribution in [0.5, 0.6) is 0 Å². The molecule has 1 saturated heterocycles. The molecule has 0 radical (unpaired) electrons. The molecule has 0 amide bonds. The Morgan fingerprint density at radius 2 is 2.00 bits per heavy atom. The summed E-state index contributed by atoms with van der Waals surface area (Å²) >= 11 is 0. The lowest BCUT2D eigenvalue weighted by Gasteiger charge is -2.37. The fraction of sp³-hybridized carbons (Fsp3) is 0.800. The first kappa shape index (κ1) is 18.8. The summed E-state index contributed by atoms with van der Waals surface area (Å²) in [4.78, 5) is 11.8. The van der Waals surface area contributed by atoms with Gasteiger partial charge in [0.15, 0.2) is 5.69 Å². The van der Waals surface area contributed by atoms with Gasteiger partial charge in [0.2, 0.25) is 0 Å². The third-order valence-corrected chi connectivity index (χ3v) is 6.72. The van der Waals surface area contributed by atoms with Crippen LogP contribution in [0.4, 0.5) is 8.78 Å². The number of nitrogens with zero attached hydrogens (tertiary/aromatic N) is 2. The lowest BCUT2D eigenvalue weighted by Crippen LogP contribution is -2.34. The van der Waals surface area contributed by atoms with Crippen LogP contribution in [0.2, 0.25) is 0 Å². The maximum Gasteiger partial charge on any atom is 0.356 e. The molecule has 0 bridgehead atoms. The van der Waals surface area contributed by atoms with Gasteiger partial charge in [-0.25, -0.2) is 13.6 Å². The second-order valence-corrected chi connectivity index (χ2v) is 9.42. The first-order valence-electron chi connectivity index (χ1n) is 9.93. The minimum absolute atomic E-state index is 0.0347. The largest absolute Gasteiger partial charge is 0.476 e. The molecule has 27 heavy (non-hydrogen) atoms. The molecular weight excluding hydrogens is 354 g/mol. The molecular formula is C20H28F2N2O3. The van der Waals surface area contributed by atoms with Crippen LogP contribution in [-0.4, -0.2) is 39.0 Å². The normalized spacial score (nSPS) is 34.1. The van der Waals surface area contributed by atoms with E-state index in [-0.39, 0.29) is 29.0 Å². The van der Waals surface area contributed by atoms with Crippen molar-refractivity contribution in [1.29, 1.82) is 0 Å². The van der Waals surface area contributed by atoms with Gasteiger partial charge < -0.3 is 9.84 Å². The predicted octanol–water partition coefficient (Wildman–Crippen LogP) is 4.57. The zero-order chi connectivity index (χ0) is 19.6. The molecule has 5 nitrogen and oxygen atoms in total. The number of fused-ring (bicyclic) bond motifs is 1. The van der Waals surface area contributed by atoms with Gasteiger partial charge in [0.05, 0.1) is 23.8 Å². The summed E-state index contributed by atoms with van der Waals surface area (Å²) in [5, 5.41) is 13.7. The number of ether oxygens (including phenoxy) is 1. The van der Waals surface area contributed by atoms with Crippen molar-refractivity contribution in [2.75, 3.05) is 6.61 Å². The summed E-state index contributed by atoms with van der Waals surface area (Å²) in [6, 6.07) is 0. The van der Waals surface area contributed by atoms with Crippen LogP contribution >= 0.6 is 0 Å². The molecule has 4 rings (SSSR count). The number of alkyl halides is 2. The van der Waals surface area contributed by atoms with E-state index in [9.17, 15) is 18.7 Å². The zero-order valence-electron chi connectivity index (χ0n) is 16.2. The van der Waals surface area contributed by atoms with E-state index in [1.807, 2.05) is 0 Å². The first-order chi connectivity index (χ1) is 12.6. The van der Waals surface area contributed by atoms with Crippen LogP contribution in [0.15, 0.2) is 0 Å². The average molecular weight is 382 g/mol. The number of rotatable bonds is 3. The molecule has 0 aromatic carbocycles. The van der Waals surface area contributed by atoms with Crippen LogP contribution in [0.3, 0.4) is 0 Å². The van der Waals surface area contributed by atoms with E-state index in [4.69, 9.17) is 4.74 Å². The Kier molecular flexibility index (Phi) is 4.19. The number of carbonyl (C=O) groups is 1. The van der Waals surface area contributed by atoms with Crippen molar-refractivity contribution in [3.8, 4) is 0 Å². The van der Waals surface area contributed by atoms with Crippen LogP contribution in [0.25, 0.3) is 0 Å². The topological polar surface area (TPSA) is 64.3 Å². The van der Waals surface area contributed by atoms with Gasteiger partial charge in [0.25, 0.3) is 5.92 Å². The number of aromatic carboxylic acids is 1. The van der Waals surface area contributed by atoms with Gasteiger partial charge in [0.1, 0.15) is 6.54 Å². The van der Waals surface area contributed by atoms with E-state index in [1.54, 1.807) is 6.92 Å². The summed E-state index contributed by atoms with van der Waals surface area (Å²) in [5.41, 5.74) is 1.00. The molecule has 1 N–H and O–H groups in total. The zero-order valence-corrected chi connectivity index (χ0v) is 16.2. The van der Waals surface area contributed by atoms with E-state index >= 15 is 0 Å². The fourth-order valence-electron chi connectivity index (χ4n) is 5.62. The Bertz CT molecular complexity index is 764. The number of hydrogen-bond donors (Lipinski definition) is 1. The molecule has 1 unspecified atom stereocenters. The Labute approximate surface area is 158 Å². The van der Waals surface area contributed by atoms with Gasteiger partial charge in [-0.2, -0.15) is 5.10 Å². The van der Waals surface area contributed by atoms with Crippen molar-refractivity contribution in [2.24, 2.45) is 5.41 Å². The van der Waals surface area contributed by atoms with E-state index in [1.165, 1.54) is 4.68 Å². The van der Waals surface area contributed by atoms with Gasteiger partial charge in [-0.1, -0.05) is 20.8 Å². The molecule has 2 fully saturated rings. The lowest BCUT2D eigenvalue weighted by molar-refractivity contribution is -0.0309. The molecule has 150 valence electrons. The summed E-state index contributed by atoms with van der Waals surface area (Å²) in [6.45, 7) is 6.36. The molecule has 1 aromatic rings. The van der Waals surface area contributed by atoms with Gasteiger partial charge >= 0.3 is 5.97 Å². The van der Waals surface area contributed by atoms with Crippen molar-refractivity contribution in [3.05, 3.63) is 17.0 Å². The Morgan fingerprint density at radius 1 is 1.33 bits per heavy atom. The Hall–Kier alpha value is -1.50. The average Bonchev–Trinajstić information content (AvgIpc) is 3.15. The predicted molar refractivity (Wildman–Crippen MR) is 95.5 cm³/mol. The lowest BCUT2D eigenvalue weighted by atomic mass is 9.71. The highest BCUT2D eigenvalue weighted by molar-refractivity contribution is 5.88. The third kappa shape index (κ3) is 2.98. The van der Waals surface area contributed by atoms with Gasteiger partial charge in [-0.05, 0) is 49.9 Å². The highest BCUT2D eigenvalue weighted by Gasteiger charge is 2.52. The van der Waals surface area contributed by atoms with Crippen molar-refractivity contribution >= 4 is 5.97 Å². The van der Waals surface area contributed by atoms with Gasteiger partial charge in [0, 0.05) is 5.56 Å². The maximum absolute atomic E-state index is 14.4. The summed E-state index contributed by atoms with van der Waals surface area (Å²) < 4.78 is 36.2. The summed E-state index contributed by atoms with van der Waals surface area (Å²) in [5.74, 6) is -4.98. The van der Waals surface area contributed by atoms with Crippen LogP contribution < -0.4 is 0 Å². The second-order valence-electron chi connectivity index (χ2n) is 9.42. The van der Waals surface area contributed by atoms with Gasteiger partial charge in [-0.3, -0.25) is 4.68 Å². The molecule has 7 heteroatoms. The molecule has 1 aliphatic carbocycles. The first-order valence-corrected chi connectivity index (χ1v) is 9.93. The van der Waals surface area contributed by atoms with Crippen molar-refractivity contribution < 1.29 is 23.4 Å². The van der Waals surface area contributed by atoms with E-state index in [2.05, 4.69) is 18.9 Å². The maximum atomic E-state index is 14.4. The number of hydrogen-bond acceptors (Lipinski definition) is 3. The smallest absolute Gasteiger partial charge is 0.356 e. The Balaban J connectivity index is 1.64. The van der Waals surface area contributed by atoms with Crippen molar-refractivity contribution in [2.45, 2.75) is 89.2 Å².